The molecule has 34 heavy (non-hydrogen) atoms. The van der Waals surface area contributed by atoms with Gasteiger partial charge in [0, 0.05) is 33.4 Å². The number of carbonyl (C=O) groups excluding carboxylic acids is 1. The molecule has 6 nitrogen and oxygen atoms in total. The Balaban J connectivity index is 1.32. The van der Waals surface area contributed by atoms with E-state index >= 15 is 0 Å². The van der Waals surface area contributed by atoms with Crippen molar-refractivity contribution in [2.75, 3.05) is 5.32 Å². The fourth-order valence-electron chi connectivity index (χ4n) is 3.27. The van der Waals surface area contributed by atoms with Crippen LogP contribution < -0.4 is 5.32 Å². The van der Waals surface area contributed by atoms with Crippen LogP contribution >= 0.6 is 34.8 Å². The van der Waals surface area contributed by atoms with Gasteiger partial charge in [-0.3, -0.25) is 4.79 Å². The second-order valence-electron chi connectivity index (χ2n) is 7.22. The zero-order chi connectivity index (χ0) is 23.7. The summed E-state index contributed by atoms with van der Waals surface area (Å²) in [6, 6.07) is 17.3. The van der Waals surface area contributed by atoms with Gasteiger partial charge < -0.3 is 14.2 Å². The number of aromatic nitrogens is 2. The van der Waals surface area contributed by atoms with Gasteiger partial charge in [-0.25, -0.2) is 4.98 Å². The van der Waals surface area contributed by atoms with Gasteiger partial charge in [0.15, 0.2) is 11.2 Å². The molecule has 0 radical (unpaired) electrons. The molecule has 0 bridgehead atoms. The van der Waals surface area contributed by atoms with Gasteiger partial charge in [-0.15, -0.1) is 0 Å². The first-order valence-corrected chi connectivity index (χ1v) is 11.1. The fourth-order valence-corrected chi connectivity index (χ4v) is 3.96. The number of carbonyl (C=O) groups is 1. The number of halogens is 3. The zero-order valence-electron chi connectivity index (χ0n) is 17.3. The molecule has 2 aromatic carbocycles. The SMILES string of the molecule is O=C(/C=C/c1ccc(-c2cc(Cl)cc(Cl)c2)o1)Nc1cc(-c2nc3ncccc3o2)ccc1Cl. The summed E-state index contributed by atoms with van der Waals surface area (Å²) in [7, 11) is 0. The maximum Gasteiger partial charge on any atom is 0.248 e. The van der Waals surface area contributed by atoms with Crippen LogP contribution in [0.1, 0.15) is 5.76 Å². The number of benzene rings is 2. The summed E-state index contributed by atoms with van der Waals surface area (Å²) >= 11 is 18.4. The lowest BCUT2D eigenvalue weighted by Crippen LogP contribution is -2.08. The van der Waals surface area contributed by atoms with E-state index in [0.717, 1.165) is 5.56 Å². The van der Waals surface area contributed by atoms with Crippen molar-refractivity contribution in [3.8, 4) is 22.8 Å². The summed E-state index contributed by atoms with van der Waals surface area (Å²) in [5.74, 6) is 1.05. The minimum atomic E-state index is -0.387. The van der Waals surface area contributed by atoms with Crippen LogP contribution in [0.2, 0.25) is 15.1 Å². The number of furan rings is 1. The van der Waals surface area contributed by atoms with E-state index in [2.05, 4.69) is 15.3 Å². The molecule has 0 atom stereocenters. The number of nitrogens with one attached hydrogen (secondary N) is 1. The van der Waals surface area contributed by atoms with Gasteiger partial charge in [-0.05, 0) is 66.7 Å². The summed E-state index contributed by atoms with van der Waals surface area (Å²) in [6.45, 7) is 0. The predicted octanol–water partition coefficient (Wildman–Crippen LogP) is 7.76. The number of hydrogen-bond acceptors (Lipinski definition) is 5. The molecule has 0 unspecified atom stereocenters. The van der Waals surface area contributed by atoms with E-state index in [9.17, 15) is 4.79 Å². The van der Waals surface area contributed by atoms with E-state index in [0.29, 0.717) is 55.0 Å². The largest absolute Gasteiger partial charge is 0.457 e. The third-order valence-electron chi connectivity index (χ3n) is 4.81. The number of fused-ring (bicyclic) bond motifs is 1. The Morgan fingerprint density at radius 1 is 0.912 bits per heavy atom. The predicted molar refractivity (Wildman–Crippen MR) is 134 cm³/mol. The lowest BCUT2D eigenvalue weighted by molar-refractivity contribution is -0.111. The van der Waals surface area contributed by atoms with E-state index in [1.54, 1.807) is 72.9 Å². The molecule has 9 heteroatoms. The molecule has 1 N–H and O–H groups in total. The summed E-state index contributed by atoms with van der Waals surface area (Å²) in [5, 5.41) is 4.14. The van der Waals surface area contributed by atoms with Crippen molar-refractivity contribution in [2.45, 2.75) is 0 Å². The smallest absolute Gasteiger partial charge is 0.248 e. The number of rotatable bonds is 5. The van der Waals surface area contributed by atoms with Crippen molar-refractivity contribution < 1.29 is 13.6 Å². The van der Waals surface area contributed by atoms with Crippen LogP contribution in [0.3, 0.4) is 0 Å². The zero-order valence-corrected chi connectivity index (χ0v) is 19.5. The van der Waals surface area contributed by atoms with E-state index in [1.807, 2.05) is 0 Å². The molecule has 0 aliphatic carbocycles. The topological polar surface area (TPSA) is 81.2 Å². The van der Waals surface area contributed by atoms with Crippen LogP contribution in [0.5, 0.6) is 0 Å². The lowest BCUT2D eigenvalue weighted by atomic mass is 10.2. The van der Waals surface area contributed by atoms with Gasteiger partial charge >= 0.3 is 0 Å². The molecule has 5 rings (SSSR count). The fraction of sp³-hybridized carbons (Fsp3) is 0. The summed E-state index contributed by atoms with van der Waals surface area (Å²) in [5.41, 5.74) is 2.87. The quantitative estimate of drug-likeness (QED) is 0.244. The highest BCUT2D eigenvalue weighted by Crippen LogP contribution is 2.31. The van der Waals surface area contributed by atoms with Crippen LogP contribution in [0.25, 0.3) is 40.1 Å². The summed E-state index contributed by atoms with van der Waals surface area (Å²) in [4.78, 5) is 21.0. The average Bonchev–Trinajstić information content (AvgIpc) is 3.46. The van der Waals surface area contributed by atoms with Crippen molar-refractivity contribution >= 4 is 63.7 Å². The second-order valence-corrected chi connectivity index (χ2v) is 8.50. The third-order valence-corrected chi connectivity index (χ3v) is 5.57. The molecule has 3 heterocycles. The molecule has 0 saturated heterocycles. The van der Waals surface area contributed by atoms with Gasteiger partial charge in [0.2, 0.25) is 11.8 Å². The van der Waals surface area contributed by atoms with Gasteiger partial charge in [0.05, 0.1) is 10.7 Å². The van der Waals surface area contributed by atoms with Gasteiger partial charge in [-0.2, -0.15) is 4.98 Å². The Bertz CT molecular complexity index is 1500. The number of anilines is 1. The average molecular weight is 511 g/mol. The van der Waals surface area contributed by atoms with E-state index < -0.39 is 0 Å². The van der Waals surface area contributed by atoms with Crippen molar-refractivity contribution in [3.05, 3.63) is 93.8 Å². The monoisotopic (exact) mass is 509 g/mol. The Morgan fingerprint density at radius 3 is 2.53 bits per heavy atom. The maximum absolute atomic E-state index is 12.5. The first-order chi connectivity index (χ1) is 16.4. The van der Waals surface area contributed by atoms with Gasteiger partial charge in [-0.1, -0.05) is 34.8 Å². The van der Waals surface area contributed by atoms with Crippen LogP contribution in [0, 0.1) is 0 Å². The molecule has 0 saturated carbocycles. The minimum absolute atomic E-state index is 0.373. The Morgan fingerprint density at radius 2 is 1.74 bits per heavy atom. The maximum atomic E-state index is 12.5. The lowest BCUT2D eigenvalue weighted by Gasteiger charge is -2.06. The van der Waals surface area contributed by atoms with Crippen LogP contribution in [0.15, 0.2) is 81.8 Å². The number of amides is 1. The third kappa shape index (κ3) is 4.84. The Hall–Kier alpha value is -3.58. The molecule has 0 spiro atoms. The second kappa shape index (κ2) is 9.35. The Kier molecular flexibility index (Phi) is 6.11. The molecular weight excluding hydrogens is 497 g/mol. The van der Waals surface area contributed by atoms with E-state index in [-0.39, 0.29) is 5.91 Å². The molecule has 1 amide bonds. The van der Waals surface area contributed by atoms with E-state index in [4.69, 9.17) is 43.6 Å². The van der Waals surface area contributed by atoms with E-state index in [1.165, 1.54) is 6.08 Å². The molecular formula is C25H14Cl3N3O3. The summed E-state index contributed by atoms with van der Waals surface area (Å²) in [6.07, 6.45) is 4.54. The van der Waals surface area contributed by atoms with Crippen LogP contribution in [0.4, 0.5) is 5.69 Å². The van der Waals surface area contributed by atoms with Crippen molar-refractivity contribution in [2.24, 2.45) is 0 Å². The normalized spacial score (nSPS) is 11.4. The molecule has 5 aromatic rings. The van der Waals surface area contributed by atoms with Gasteiger partial charge in [0.1, 0.15) is 11.5 Å². The molecule has 3 aromatic heterocycles. The minimum Gasteiger partial charge on any atom is -0.457 e. The number of oxazole rings is 1. The highest BCUT2D eigenvalue weighted by atomic mass is 35.5. The van der Waals surface area contributed by atoms with Crippen molar-refractivity contribution in [3.63, 3.8) is 0 Å². The van der Waals surface area contributed by atoms with Crippen LogP contribution in [-0.4, -0.2) is 15.9 Å². The number of pyridine rings is 1. The number of hydrogen-bond donors (Lipinski definition) is 1. The van der Waals surface area contributed by atoms with Crippen molar-refractivity contribution in [1.82, 2.24) is 9.97 Å². The first-order valence-electron chi connectivity index (χ1n) is 10.0. The van der Waals surface area contributed by atoms with Crippen LogP contribution in [-0.2, 0) is 4.79 Å². The molecule has 168 valence electrons. The molecule has 0 fully saturated rings. The standard InChI is InChI=1S/C25H14Cl3N3O3/c26-16-10-15(11-17(27)13-16)21-7-4-18(33-21)5-8-23(32)30-20-12-14(3-6-19(20)28)25-31-24-22(34-25)2-1-9-29-24/h1-13H,(H,30,32)/b8-5+. The highest BCUT2D eigenvalue weighted by Gasteiger charge is 2.12. The first kappa shape index (κ1) is 22.2. The highest BCUT2D eigenvalue weighted by molar-refractivity contribution is 6.35. The summed E-state index contributed by atoms with van der Waals surface area (Å²) < 4.78 is 11.5. The van der Waals surface area contributed by atoms with Gasteiger partial charge in [0.25, 0.3) is 0 Å². The van der Waals surface area contributed by atoms with Crippen molar-refractivity contribution in [1.29, 1.82) is 0 Å². The Labute approximate surface area is 208 Å². The number of nitrogens with zero attached hydrogens (tertiary/aromatic N) is 2. The molecule has 0 aliphatic heterocycles. The molecule has 0 aliphatic rings.